The van der Waals surface area contributed by atoms with Crippen molar-refractivity contribution in [1.82, 2.24) is 0 Å². The van der Waals surface area contributed by atoms with Gasteiger partial charge in [-0.15, -0.1) is 0 Å². The number of hydrogen-bond donors (Lipinski definition) is 0. The van der Waals surface area contributed by atoms with Crippen LogP contribution in [0.5, 0.6) is 0 Å². The number of amides is 1. The summed E-state index contributed by atoms with van der Waals surface area (Å²) in [6.45, 7) is 3.98. The molecule has 1 aliphatic heterocycles. The molecular formula is C22H15ClN2O4S2. The third-order valence-electron chi connectivity index (χ3n) is 4.86. The molecule has 4 rings (SSSR count). The van der Waals surface area contributed by atoms with Crippen molar-refractivity contribution in [2.24, 2.45) is 0 Å². The molecule has 2 heterocycles. The Kier molecular flexibility index (Phi) is 5.70. The van der Waals surface area contributed by atoms with Gasteiger partial charge in [0.15, 0.2) is 4.32 Å². The molecule has 0 spiro atoms. The highest BCUT2D eigenvalue weighted by atomic mass is 35.5. The van der Waals surface area contributed by atoms with Crippen molar-refractivity contribution >= 4 is 63.3 Å². The molecule has 9 heteroatoms. The monoisotopic (exact) mass is 470 g/mol. The van der Waals surface area contributed by atoms with E-state index >= 15 is 0 Å². The Bertz CT molecular complexity index is 1280. The van der Waals surface area contributed by atoms with E-state index in [1.165, 1.54) is 28.8 Å². The second-order valence-electron chi connectivity index (χ2n) is 6.91. The molecule has 0 aliphatic carbocycles. The van der Waals surface area contributed by atoms with Gasteiger partial charge in [-0.25, -0.2) is 0 Å². The van der Waals surface area contributed by atoms with E-state index in [0.29, 0.717) is 32.0 Å². The Morgan fingerprint density at radius 2 is 1.90 bits per heavy atom. The Labute approximate surface area is 192 Å². The van der Waals surface area contributed by atoms with Crippen LogP contribution in [0.25, 0.3) is 17.4 Å². The number of nitro benzene ring substituents is 1. The minimum atomic E-state index is -0.516. The molecule has 1 aromatic heterocycles. The van der Waals surface area contributed by atoms with Gasteiger partial charge in [0, 0.05) is 17.2 Å². The largest absolute Gasteiger partial charge is 0.456 e. The quantitative estimate of drug-likeness (QED) is 0.187. The topological polar surface area (TPSA) is 76.6 Å². The van der Waals surface area contributed by atoms with E-state index in [4.69, 9.17) is 28.2 Å². The summed E-state index contributed by atoms with van der Waals surface area (Å²) in [5.41, 5.74) is 3.05. The molecule has 6 nitrogen and oxygen atoms in total. The van der Waals surface area contributed by atoms with Crippen LogP contribution in [0.4, 0.5) is 11.4 Å². The standard InChI is InChI=1S/C22H15ClN2O4S2/c1-12-3-5-15(9-13(12)2)24-21(26)20(31-22(24)30)11-16-6-8-19(29-16)17-7-4-14(23)10-18(17)25(27)28/h3-11H,1-2H3/b20-11-. The predicted octanol–water partition coefficient (Wildman–Crippen LogP) is 6.53. The maximum atomic E-state index is 13.0. The molecule has 1 amide bonds. The number of thioether (sulfide) groups is 1. The van der Waals surface area contributed by atoms with E-state index in [1.54, 1.807) is 24.3 Å². The first kappa shape index (κ1) is 21.3. The van der Waals surface area contributed by atoms with Gasteiger partial charge in [0.2, 0.25) is 0 Å². The Morgan fingerprint density at radius 3 is 2.61 bits per heavy atom. The Balaban J connectivity index is 1.64. The lowest BCUT2D eigenvalue weighted by Crippen LogP contribution is -2.27. The first-order valence-electron chi connectivity index (χ1n) is 9.14. The molecular weight excluding hydrogens is 456 g/mol. The van der Waals surface area contributed by atoms with E-state index < -0.39 is 4.92 Å². The van der Waals surface area contributed by atoms with Gasteiger partial charge in [-0.2, -0.15) is 0 Å². The number of nitro groups is 1. The predicted molar refractivity (Wildman–Crippen MR) is 127 cm³/mol. The van der Waals surface area contributed by atoms with Gasteiger partial charge in [0.05, 0.1) is 21.1 Å². The second kappa shape index (κ2) is 8.30. The van der Waals surface area contributed by atoms with Gasteiger partial charge in [-0.3, -0.25) is 19.8 Å². The summed E-state index contributed by atoms with van der Waals surface area (Å²) >= 11 is 12.5. The summed E-state index contributed by atoms with van der Waals surface area (Å²) in [5, 5.41) is 11.6. The molecule has 0 radical (unpaired) electrons. The number of carbonyl (C=O) groups is 1. The van der Waals surface area contributed by atoms with E-state index in [2.05, 4.69) is 0 Å². The van der Waals surface area contributed by atoms with Crippen LogP contribution in [0.3, 0.4) is 0 Å². The van der Waals surface area contributed by atoms with Crippen LogP contribution in [-0.2, 0) is 4.79 Å². The van der Waals surface area contributed by atoms with Crippen molar-refractivity contribution in [2.45, 2.75) is 13.8 Å². The van der Waals surface area contributed by atoms with Crippen LogP contribution in [0.1, 0.15) is 16.9 Å². The normalized spacial score (nSPS) is 15.2. The van der Waals surface area contributed by atoms with Crippen molar-refractivity contribution < 1.29 is 14.1 Å². The Hall–Kier alpha value is -2.94. The number of aryl methyl sites for hydroxylation is 2. The SMILES string of the molecule is Cc1ccc(N2C(=O)/C(=C/c3ccc(-c4ccc(Cl)cc4[N+](=O)[O-])o3)SC2=S)cc1C. The molecule has 31 heavy (non-hydrogen) atoms. The third-order valence-corrected chi connectivity index (χ3v) is 6.40. The number of hydrogen-bond acceptors (Lipinski definition) is 6. The lowest BCUT2D eigenvalue weighted by atomic mass is 10.1. The number of thiocarbonyl (C=S) groups is 1. The fourth-order valence-electron chi connectivity index (χ4n) is 3.12. The Morgan fingerprint density at radius 1 is 1.13 bits per heavy atom. The minimum absolute atomic E-state index is 0.158. The number of furan rings is 1. The maximum Gasteiger partial charge on any atom is 0.281 e. The third kappa shape index (κ3) is 4.14. The van der Waals surface area contributed by atoms with Gasteiger partial charge < -0.3 is 4.42 Å². The van der Waals surface area contributed by atoms with E-state index in [9.17, 15) is 14.9 Å². The van der Waals surface area contributed by atoms with Crippen LogP contribution in [0.2, 0.25) is 5.02 Å². The van der Waals surface area contributed by atoms with Crippen molar-refractivity contribution in [3.05, 3.63) is 85.5 Å². The molecule has 0 saturated carbocycles. The number of rotatable bonds is 4. The van der Waals surface area contributed by atoms with Crippen molar-refractivity contribution in [2.75, 3.05) is 4.90 Å². The highest BCUT2D eigenvalue weighted by Gasteiger charge is 2.33. The second-order valence-corrected chi connectivity index (χ2v) is 9.02. The molecule has 156 valence electrons. The van der Waals surface area contributed by atoms with Crippen LogP contribution in [-0.4, -0.2) is 15.2 Å². The molecule has 1 saturated heterocycles. The number of benzene rings is 2. The van der Waals surface area contributed by atoms with Crippen molar-refractivity contribution in [3.8, 4) is 11.3 Å². The average molecular weight is 471 g/mol. The lowest BCUT2D eigenvalue weighted by Gasteiger charge is -2.15. The zero-order valence-corrected chi connectivity index (χ0v) is 18.8. The van der Waals surface area contributed by atoms with Crippen LogP contribution < -0.4 is 4.90 Å². The van der Waals surface area contributed by atoms with Crippen LogP contribution in [0, 0.1) is 24.0 Å². The maximum absolute atomic E-state index is 13.0. The lowest BCUT2D eigenvalue weighted by molar-refractivity contribution is -0.384. The van der Waals surface area contributed by atoms with Gasteiger partial charge in [0.1, 0.15) is 11.5 Å². The number of nitrogens with zero attached hydrogens (tertiary/aromatic N) is 2. The highest BCUT2D eigenvalue weighted by Crippen LogP contribution is 2.38. The van der Waals surface area contributed by atoms with Gasteiger partial charge in [-0.1, -0.05) is 41.6 Å². The van der Waals surface area contributed by atoms with E-state index in [1.807, 2.05) is 32.0 Å². The van der Waals surface area contributed by atoms with Crippen LogP contribution in [0.15, 0.2) is 57.9 Å². The van der Waals surface area contributed by atoms with Crippen molar-refractivity contribution in [1.29, 1.82) is 0 Å². The molecule has 2 aromatic carbocycles. The van der Waals surface area contributed by atoms with Gasteiger partial charge >= 0.3 is 0 Å². The summed E-state index contributed by atoms with van der Waals surface area (Å²) in [5.74, 6) is 0.452. The first-order valence-corrected chi connectivity index (χ1v) is 10.7. The zero-order chi connectivity index (χ0) is 22.3. The molecule has 0 atom stereocenters. The number of anilines is 1. The van der Waals surface area contributed by atoms with Gasteiger partial charge in [0.25, 0.3) is 11.6 Å². The molecule has 3 aromatic rings. The molecule has 0 N–H and O–H groups in total. The van der Waals surface area contributed by atoms with Crippen LogP contribution >= 0.6 is 35.6 Å². The van der Waals surface area contributed by atoms with Crippen molar-refractivity contribution in [3.63, 3.8) is 0 Å². The summed E-state index contributed by atoms with van der Waals surface area (Å²) < 4.78 is 6.20. The number of carbonyl (C=O) groups excluding carboxylic acids is 1. The summed E-state index contributed by atoms with van der Waals surface area (Å²) in [7, 11) is 0. The first-order chi connectivity index (χ1) is 14.7. The summed E-state index contributed by atoms with van der Waals surface area (Å²) in [6, 6.07) is 13.4. The average Bonchev–Trinajstić information content (AvgIpc) is 3.28. The molecule has 0 unspecified atom stereocenters. The molecule has 0 bridgehead atoms. The highest BCUT2D eigenvalue weighted by molar-refractivity contribution is 8.27. The number of halogens is 1. The summed E-state index contributed by atoms with van der Waals surface area (Å²) in [6.07, 6.45) is 1.59. The minimum Gasteiger partial charge on any atom is -0.456 e. The molecule has 1 aliphatic rings. The fraction of sp³-hybridized carbons (Fsp3) is 0.0909. The zero-order valence-electron chi connectivity index (χ0n) is 16.4. The van der Waals surface area contributed by atoms with E-state index in [-0.39, 0.29) is 16.6 Å². The van der Waals surface area contributed by atoms with E-state index in [0.717, 1.165) is 11.1 Å². The van der Waals surface area contributed by atoms with Gasteiger partial charge in [-0.05, 0) is 61.4 Å². The smallest absolute Gasteiger partial charge is 0.281 e. The fourth-order valence-corrected chi connectivity index (χ4v) is 4.57. The summed E-state index contributed by atoms with van der Waals surface area (Å²) in [4.78, 5) is 25.7. The molecule has 1 fully saturated rings.